The van der Waals surface area contributed by atoms with Crippen LogP contribution in [-0.4, -0.2) is 48.9 Å². The third-order valence-electron chi connectivity index (χ3n) is 5.13. The summed E-state index contributed by atoms with van der Waals surface area (Å²) in [7, 11) is 4.06. The van der Waals surface area contributed by atoms with Gasteiger partial charge in [0.1, 0.15) is 11.6 Å². The number of nitrogens with zero attached hydrogens (tertiary/aromatic N) is 1. The van der Waals surface area contributed by atoms with Gasteiger partial charge in [-0.15, -0.1) is 0 Å². The van der Waals surface area contributed by atoms with Gasteiger partial charge in [0, 0.05) is 18.5 Å². The van der Waals surface area contributed by atoms with Crippen LogP contribution in [0.1, 0.15) is 29.2 Å². The summed E-state index contributed by atoms with van der Waals surface area (Å²) >= 11 is 0. The molecular formula is C23H26FN2O3+. The summed E-state index contributed by atoms with van der Waals surface area (Å²) in [5.74, 6) is -2.06. The molecule has 0 radical (unpaired) electrons. The van der Waals surface area contributed by atoms with Crippen molar-refractivity contribution in [3.63, 3.8) is 0 Å². The smallest absolute Gasteiger partial charge is 0.295 e. The van der Waals surface area contributed by atoms with E-state index in [0.29, 0.717) is 12.1 Å². The fourth-order valence-electron chi connectivity index (χ4n) is 3.57. The van der Waals surface area contributed by atoms with Gasteiger partial charge in [-0.05, 0) is 36.8 Å². The molecule has 1 atom stereocenters. The average Bonchev–Trinajstić information content (AvgIpc) is 2.93. The molecule has 0 bridgehead atoms. The third-order valence-corrected chi connectivity index (χ3v) is 5.13. The monoisotopic (exact) mass is 397 g/mol. The van der Waals surface area contributed by atoms with Crippen LogP contribution in [0.5, 0.6) is 0 Å². The maximum atomic E-state index is 13.3. The number of rotatable bonds is 6. The summed E-state index contributed by atoms with van der Waals surface area (Å²) in [6.07, 6.45) is 0.730. The lowest BCUT2D eigenvalue weighted by Crippen LogP contribution is -3.05. The van der Waals surface area contributed by atoms with E-state index in [4.69, 9.17) is 0 Å². The molecule has 1 amide bonds. The highest BCUT2D eigenvalue weighted by Gasteiger charge is 2.45. The quantitative estimate of drug-likeness (QED) is 0.446. The largest absolute Gasteiger partial charge is 0.507 e. The Balaban J connectivity index is 2.07. The van der Waals surface area contributed by atoms with E-state index in [1.54, 1.807) is 0 Å². The van der Waals surface area contributed by atoms with Crippen LogP contribution in [-0.2, 0) is 9.59 Å². The number of carbonyl (C=O) groups excluding carboxylic acids is 2. The number of ketones is 1. The van der Waals surface area contributed by atoms with E-state index in [1.807, 2.05) is 45.3 Å². The SMILES string of the molecule is Cc1ccc(C2C(=C(O)c3ccc(F)cc3)C(=O)C(=O)N2CCC[NH+](C)C)cc1. The van der Waals surface area contributed by atoms with Crippen LogP contribution in [0.15, 0.2) is 54.1 Å². The molecule has 2 aromatic rings. The second-order valence-corrected chi connectivity index (χ2v) is 7.72. The molecule has 2 aromatic carbocycles. The predicted molar refractivity (Wildman–Crippen MR) is 109 cm³/mol. The predicted octanol–water partition coefficient (Wildman–Crippen LogP) is 2.09. The van der Waals surface area contributed by atoms with E-state index in [9.17, 15) is 19.1 Å². The highest BCUT2D eigenvalue weighted by molar-refractivity contribution is 6.46. The number of halogens is 1. The van der Waals surface area contributed by atoms with Crippen molar-refractivity contribution in [2.24, 2.45) is 0 Å². The lowest BCUT2D eigenvalue weighted by molar-refractivity contribution is -0.858. The zero-order valence-corrected chi connectivity index (χ0v) is 16.9. The van der Waals surface area contributed by atoms with Gasteiger partial charge in [0.25, 0.3) is 11.7 Å². The second kappa shape index (κ2) is 8.57. The number of aliphatic hydroxyl groups is 1. The lowest BCUT2D eigenvalue weighted by atomic mass is 9.94. The van der Waals surface area contributed by atoms with E-state index in [-0.39, 0.29) is 11.3 Å². The number of hydrogen-bond donors (Lipinski definition) is 2. The number of nitrogens with one attached hydrogen (secondary N) is 1. The number of amides is 1. The molecule has 5 nitrogen and oxygen atoms in total. The van der Waals surface area contributed by atoms with Gasteiger partial charge < -0.3 is 14.9 Å². The summed E-state index contributed by atoms with van der Waals surface area (Å²) in [5.41, 5.74) is 2.16. The van der Waals surface area contributed by atoms with Gasteiger partial charge in [-0.3, -0.25) is 9.59 Å². The van der Waals surface area contributed by atoms with Crippen LogP contribution in [0.25, 0.3) is 5.76 Å². The van der Waals surface area contributed by atoms with Crippen molar-refractivity contribution < 1.29 is 24.0 Å². The van der Waals surface area contributed by atoms with Crippen molar-refractivity contribution in [1.29, 1.82) is 0 Å². The van der Waals surface area contributed by atoms with Crippen LogP contribution >= 0.6 is 0 Å². The number of benzene rings is 2. The highest BCUT2D eigenvalue weighted by Crippen LogP contribution is 2.39. The highest BCUT2D eigenvalue weighted by atomic mass is 19.1. The fourth-order valence-corrected chi connectivity index (χ4v) is 3.57. The molecule has 0 saturated carbocycles. The van der Waals surface area contributed by atoms with Crippen LogP contribution < -0.4 is 4.90 Å². The van der Waals surface area contributed by atoms with Gasteiger partial charge in [0.05, 0.1) is 32.3 Å². The van der Waals surface area contributed by atoms with Crippen molar-refractivity contribution in [2.45, 2.75) is 19.4 Å². The first-order valence-corrected chi connectivity index (χ1v) is 9.69. The molecule has 3 rings (SSSR count). The molecule has 152 valence electrons. The molecule has 0 aliphatic carbocycles. The Morgan fingerprint density at radius 1 is 1.07 bits per heavy atom. The van der Waals surface area contributed by atoms with E-state index in [1.165, 1.54) is 34.1 Å². The third kappa shape index (κ3) is 4.38. The number of hydrogen-bond acceptors (Lipinski definition) is 3. The summed E-state index contributed by atoms with van der Waals surface area (Å²) in [6, 6.07) is 12.1. The Labute approximate surface area is 170 Å². The van der Waals surface area contributed by atoms with E-state index < -0.39 is 23.5 Å². The zero-order chi connectivity index (χ0) is 21.1. The summed E-state index contributed by atoms with van der Waals surface area (Å²) in [6.45, 7) is 3.22. The minimum atomic E-state index is -0.713. The molecule has 1 fully saturated rings. The van der Waals surface area contributed by atoms with Gasteiger partial charge in [-0.25, -0.2) is 4.39 Å². The van der Waals surface area contributed by atoms with E-state index >= 15 is 0 Å². The van der Waals surface area contributed by atoms with Gasteiger partial charge in [0.15, 0.2) is 0 Å². The number of aliphatic hydroxyl groups excluding tert-OH is 1. The van der Waals surface area contributed by atoms with Crippen molar-refractivity contribution >= 4 is 17.4 Å². The van der Waals surface area contributed by atoms with Gasteiger partial charge >= 0.3 is 0 Å². The van der Waals surface area contributed by atoms with Crippen molar-refractivity contribution in [3.8, 4) is 0 Å². The average molecular weight is 397 g/mol. The summed E-state index contributed by atoms with van der Waals surface area (Å²) in [5, 5.41) is 10.9. The van der Waals surface area contributed by atoms with Crippen molar-refractivity contribution in [2.75, 3.05) is 27.2 Å². The molecule has 6 heteroatoms. The molecule has 0 spiro atoms. The van der Waals surface area contributed by atoms with Crippen molar-refractivity contribution in [3.05, 3.63) is 76.6 Å². The van der Waals surface area contributed by atoms with Crippen molar-refractivity contribution in [1.82, 2.24) is 4.90 Å². The molecule has 1 aliphatic heterocycles. The summed E-state index contributed by atoms with van der Waals surface area (Å²) in [4.78, 5) is 28.4. The minimum Gasteiger partial charge on any atom is -0.507 e. The number of aryl methyl sites for hydroxylation is 1. The standard InChI is InChI=1S/C23H25FN2O3/c1-15-5-7-16(8-6-15)20-19(21(27)17-9-11-18(24)12-10-17)22(28)23(29)26(20)14-4-13-25(2)3/h5-12,20,27H,4,13-14H2,1-3H3/p+1. The van der Waals surface area contributed by atoms with Crippen LogP contribution in [0, 0.1) is 12.7 Å². The van der Waals surface area contributed by atoms with Gasteiger partial charge in [-0.2, -0.15) is 0 Å². The Kier molecular flexibility index (Phi) is 6.13. The van der Waals surface area contributed by atoms with Crippen LogP contribution in [0.2, 0.25) is 0 Å². The van der Waals surface area contributed by atoms with Gasteiger partial charge in [0.2, 0.25) is 0 Å². The first kappa shape index (κ1) is 20.7. The first-order chi connectivity index (χ1) is 13.8. The lowest BCUT2D eigenvalue weighted by Gasteiger charge is -2.25. The number of likely N-dealkylation sites (tertiary alicyclic amines) is 1. The molecule has 1 aliphatic rings. The topological polar surface area (TPSA) is 62.0 Å². The molecule has 0 aromatic heterocycles. The molecular weight excluding hydrogens is 371 g/mol. The molecule has 1 heterocycles. The second-order valence-electron chi connectivity index (χ2n) is 7.72. The molecule has 1 saturated heterocycles. The van der Waals surface area contributed by atoms with Crippen LogP contribution in [0.4, 0.5) is 4.39 Å². The maximum absolute atomic E-state index is 13.3. The molecule has 29 heavy (non-hydrogen) atoms. The Morgan fingerprint density at radius 2 is 1.69 bits per heavy atom. The molecule has 1 unspecified atom stereocenters. The molecule has 2 N–H and O–H groups in total. The number of Topliss-reactive ketones (excluding diaryl/α,β-unsaturated/α-hetero) is 1. The first-order valence-electron chi connectivity index (χ1n) is 9.69. The van der Waals surface area contributed by atoms with E-state index in [2.05, 4.69) is 0 Å². The Morgan fingerprint density at radius 3 is 2.28 bits per heavy atom. The number of carbonyl (C=O) groups is 2. The number of quaternary nitrogens is 1. The Hall–Kier alpha value is -2.99. The van der Waals surface area contributed by atoms with E-state index in [0.717, 1.165) is 24.1 Å². The Bertz CT molecular complexity index is 934. The normalized spacial score (nSPS) is 18.7. The van der Waals surface area contributed by atoms with Crippen LogP contribution in [0.3, 0.4) is 0 Å². The fraction of sp³-hybridized carbons (Fsp3) is 0.304. The van der Waals surface area contributed by atoms with Gasteiger partial charge in [-0.1, -0.05) is 29.8 Å². The summed E-state index contributed by atoms with van der Waals surface area (Å²) < 4.78 is 13.3. The maximum Gasteiger partial charge on any atom is 0.295 e. The zero-order valence-electron chi connectivity index (χ0n) is 16.9. The minimum absolute atomic E-state index is 0.0441.